The molecule has 1 fully saturated rings. The van der Waals surface area contributed by atoms with Gasteiger partial charge >= 0.3 is 11.9 Å². The lowest BCUT2D eigenvalue weighted by Crippen LogP contribution is -2.43. The van der Waals surface area contributed by atoms with E-state index in [0.29, 0.717) is 19.1 Å². The number of carboxylic acid groups (broad SMARTS) is 2. The zero-order valence-corrected chi connectivity index (χ0v) is 22.3. The summed E-state index contributed by atoms with van der Waals surface area (Å²) in [4.78, 5) is 38.9. The minimum Gasteiger partial charge on any atom is -0.497 e. The third-order valence-corrected chi connectivity index (χ3v) is 7.00. The van der Waals surface area contributed by atoms with Gasteiger partial charge in [-0.2, -0.15) is 0 Å². The molecule has 0 aliphatic carbocycles. The van der Waals surface area contributed by atoms with Crippen molar-refractivity contribution in [2.45, 2.75) is 31.5 Å². The monoisotopic (exact) mass is 565 g/mol. The lowest BCUT2D eigenvalue weighted by molar-refractivity contribution is -0.384. The summed E-state index contributed by atoms with van der Waals surface area (Å²) in [6.07, 6.45) is 3.12. The van der Waals surface area contributed by atoms with E-state index < -0.39 is 18.0 Å². The smallest absolute Gasteiger partial charge is 0.414 e. The van der Waals surface area contributed by atoms with E-state index in [1.807, 2.05) is 30.3 Å². The maximum Gasteiger partial charge on any atom is 0.414 e. The van der Waals surface area contributed by atoms with Gasteiger partial charge in [-0.25, -0.2) is 9.59 Å². The van der Waals surface area contributed by atoms with Crippen LogP contribution in [0.1, 0.15) is 30.2 Å². The van der Waals surface area contributed by atoms with Crippen molar-refractivity contribution in [1.29, 1.82) is 0 Å². The van der Waals surface area contributed by atoms with Crippen molar-refractivity contribution in [3.05, 3.63) is 76.1 Å². The van der Waals surface area contributed by atoms with Gasteiger partial charge in [0, 0.05) is 59.4 Å². The number of H-pyrrole nitrogens is 1. The summed E-state index contributed by atoms with van der Waals surface area (Å²) in [7, 11) is 1.63. The van der Waals surface area contributed by atoms with Crippen LogP contribution < -0.4 is 10.1 Å². The standard InChI is InChI=1S/C26H29N5O4.C2H2O4/c1-35-21-3-5-25-23(14-21)22(6-9-27-25)26(32)16-30-10-7-18(8-11-30)28-15-19-12-17-13-20(31(33)34)2-4-24(17)29-19;3-1(4)2(5)6/h2-6,9,12-14,18,26,28-29,32H,7-8,10-11,15-16H2,1H3;(H,3,4)(H,5,6)/t26-;/m0./s1. The second kappa shape index (κ2) is 13.2. The van der Waals surface area contributed by atoms with Crippen molar-refractivity contribution < 1.29 is 34.6 Å². The Morgan fingerprint density at radius 3 is 2.54 bits per heavy atom. The summed E-state index contributed by atoms with van der Waals surface area (Å²) in [6.45, 7) is 3.06. The molecule has 4 aromatic rings. The molecule has 3 heterocycles. The van der Waals surface area contributed by atoms with E-state index in [2.05, 4.69) is 20.2 Å². The van der Waals surface area contributed by atoms with Crippen LogP contribution in [-0.4, -0.2) is 79.8 Å². The average Bonchev–Trinajstić information content (AvgIpc) is 3.38. The van der Waals surface area contributed by atoms with Crippen molar-refractivity contribution in [2.75, 3.05) is 26.7 Å². The first-order valence-electron chi connectivity index (χ1n) is 12.9. The van der Waals surface area contributed by atoms with Gasteiger partial charge in [0.15, 0.2) is 0 Å². The number of likely N-dealkylation sites (tertiary alicyclic amines) is 1. The van der Waals surface area contributed by atoms with Crippen molar-refractivity contribution in [1.82, 2.24) is 20.2 Å². The summed E-state index contributed by atoms with van der Waals surface area (Å²) in [5.41, 5.74) is 3.73. The number of rotatable bonds is 8. The number of carboxylic acids is 2. The van der Waals surface area contributed by atoms with E-state index in [4.69, 9.17) is 24.5 Å². The Hall–Kier alpha value is -4.59. The molecule has 0 saturated carbocycles. The molecule has 216 valence electrons. The Morgan fingerprint density at radius 2 is 1.88 bits per heavy atom. The Morgan fingerprint density at radius 1 is 1.15 bits per heavy atom. The largest absolute Gasteiger partial charge is 0.497 e. The van der Waals surface area contributed by atoms with Crippen molar-refractivity contribution in [2.24, 2.45) is 0 Å². The molecule has 13 heteroatoms. The minimum atomic E-state index is -1.82. The number of pyridine rings is 1. The van der Waals surface area contributed by atoms with Gasteiger partial charge in [-0.3, -0.25) is 15.1 Å². The molecular weight excluding hydrogens is 534 g/mol. The molecule has 0 radical (unpaired) electrons. The van der Waals surface area contributed by atoms with E-state index in [9.17, 15) is 15.2 Å². The number of nitrogens with one attached hydrogen (secondary N) is 2. The number of nitro benzene ring substituents is 1. The molecule has 0 unspecified atom stereocenters. The Bertz CT molecular complexity index is 1540. The Kier molecular flexibility index (Phi) is 9.45. The van der Waals surface area contributed by atoms with Gasteiger partial charge in [0.05, 0.1) is 23.7 Å². The molecule has 1 aliphatic rings. The summed E-state index contributed by atoms with van der Waals surface area (Å²) >= 11 is 0. The molecule has 1 atom stereocenters. The van der Waals surface area contributed by atoms with E-state index in [-0.39, 0.29) is 10.6 Å². The second-order valence-corrected chi connectivity index (χ2v) is 9.69. The number of ether oxygens (including phenoxy) is 1. The fraction of sp³-hybridized carbons (Fsp3) is 0.321. The van der Waals surface area contributed by atoms with Gasteiger partial charge < -0.3 is 35.3 Å². The predicted octanol–water partition coefficient (Wildman–Crippen LogP) is 3.08. The highest BCUT2D eigenvalue weighted by Crippen LogP contribution is 2.28. The maximum atomic E-state index is 11.0. The van der Waals surface area contributed by atoms with Crippen LogP contribution in [-0.2, 0) is 16.1 Å². The number of aromatic amines is 1. The molecule has 1 saturated heterocycles. The quantitative estimate of drug-likeness (QED) is 0.120. The number of non-ortho nitro benzene ring substituents is 1. The highest BCUT2D eigenvalue weighted by Gasteiger charge is 2.22. The van der Waals surface area contributed by atoms with Crippen molar-refractivity contribution in [3.63, 3.8) is 0 Å². The van der Waals surface area contributed by atoms with Gasteiger partial charge in [-0.05, 0) is 67.9 Å². The molecule has 0 spiro atoms. The molecule has 2 aromatic carbocycles. The number of aliphatic hydroxyl groups excluding tert-OH is 1. The van der Waals surface area contributed by atoms with Gasteiger partial charge in [-0.15, -0.1) is 0 Å². The van der Waals surface area contributed by atoms with E-state index in [0.717, 1.165) is 64.7 Å². The van der Waals surface area contributed by atoms with E-state index in [1.54, 1.807) is 25.4 Å². The summed E-state index contributed by atoms with van der Waals surface area (Å²) in [5, 5.41) is 42.1. The Labute approximate surface area is 234 Å². The third-order valence-electron chi connectivity index (χ3n) is 7.00. The number of benzene rings is 2. The van der Waals surface area contributed by atoms with Crippen LogP contribution in [0.3, 0.4) is 0 Å². The number of piperidine rings is 1. The highest BCUT2D eigenvalue weighted by molar-refractivity contribution is 6.27. The number of methoxy groups -OCH3 is 1. The van der Waals surface area contributed by atoms with Crippen molar-refractivity contribution >= 4 is 39.4 Å². The van der Waals surface area contributed by atoms with E-state index in [1.165, 1.54) is 6.07 Å². The number of nitrogens with zero attached hydrogens (tertiary/aromatic N) is 3. The molecule has 0 bridgehead atoms. The summed E-state index contributed by atoms with van der Waals surface area (Å²) in [6, 6.07) is 14.8. The van der Waals surface area contributed by atoms with Gasteiger partial charge in [0.25, 0.3) is 5.69 Å². The number of aromatic nitrogens is 2. The number of carbonyl (C=O) groups is 2. The minimum absolute atomic E-state index is 0.101. The maximum absolute atomic E-state index is 11.0. The lowest BCUT2D eigenvalue weighted by atomic mass is 10.0. The van der Waals surface area contributed by atoms with Crippen LogP contribution in [0.2, 0.25) is 0 Å². The summed E-state index contributed by atoms with van der Waals surface area (Å²) < 4.78 is 5.35. The number of aliphatic carboxylic acids is 2. The first-order valence-corrected chi connectivity index (χ1v) is 12.9. The van der Waals surface area contributed by atoms with Crippen LogP contribution in [0.4, 0.5) is 5.69 Å². The number of nitro groups is 1. The number of hydrogen-bond acceptors (Lipinski definition) is 9. The van der Waals surface area contributed by atoms with Crippen LogP contribution >= 0.6 is 0 Å². The number of fused-ring (bicyclic) bond motifs is 2. The van der Waals surface area contributed by atoms with Crippen LogP contribution in [0.15, 0.2) is 54.7 Å². The molecule has 0 amide bonds. The highest BCUT2D eigenvalue weighted by atomic mass is 16.6. The number of aliphatic hydroxyl groups is 1. The summed E-state index contributed by atoms with van der Waals surface area (Å²) in [5.74, 6) is -2.90. The van der Waals surface area contributed by atoms with E-state index >= 15 is 0 Å². The van der Waals surface area contributed by atoms with Crippen molar-refractivity contribution in [3.8, 4) is 5.75 Å². The molecule has 5 N–H and O–H groups in total. The first-order chi connectivity index (χ1) is 19.6. The first kappa shape index (κ1) is 29.4. The van der Waals surface area contributed by atoms with Gasteiger partial charge in [0.2, 0.25) is 0 Å². The van der Waals surface area contributed by atoms with Gasteiger partial charge in [0.1, 0.15) is 5.75 Å². The zero-order valence-electron chi connectivity index (χ0n) is 22.3. The molecule has 41 heavy (non-hydrogen) atoms. The molecule has 13 nitrogen and oxygen atoms in total. The molecule has 5 rings (SSSR count). The topological polar surface area (TPSA) is 191 Å². The normalized spacial score (nSPS) is 14.8. The van der Waals surface area contributed by atoms with Gasteiger partial charge in [-0.1, -0.05) is 0 Å². The number of β-amino-alcohol motifs (C(OH)–C–C–N with tert-alkyl or cyclic N) is 1. The lowest BCUT2D eigenvalue weighted by Gasteiger charge is -2.33. The number of hydrogen-bond donors (Lipinski definition) is 5. The fourth-order valence-electron chi connectivity index (χ4n) is 4.87. The van der Waals surface area contributed by atoms with Crippen LogP contribution in [0.5, 0.6) is 5.75 Å². The second-order valence-electron chi connectivity index (χ2n) is 9.69. The molecule has 2 aromatic heterocycles. The molecular formula is C28H31N5O8. The zero-order chi connectivity index (χ0) is 29.5. The fourth-order valence-corrected chi connectivity index (χ4v) is 4.87. The average molecular weight is 566 g/mol. The third kappa shape index (κ3) is 7.54. The SMILES string of the molecule is COc1ccc2nccc([C@@H](O)CN3CCC(NCc4cc5cc([N+](=O)[O-])ccc5[nH]4)CC3)c2c1.O=C(O)C(=O)O. The van der Waals surface area contributed by atoms with Crippen LogP contribution in [0.25, 0.3) is 21.8 Å². The molecule has 1 aliphatic heterocycles. The predicted molar refractivity (Wildman–Crippen MR) is 150 cm³/mol. The Balaban J connectivity index is 0.000000585. The van der Waals surface area contributed by atoms with Crippen LogP contribution in [0, 0.1) is 10.1 Å².